The Balaban J connectivity index is 3.37. The molecule has 0 radical (unpaired) electrons. The molecule has 0 fully saturated rings. The van der Waals surface area contributed by atoms with E-state index in [1.807, 2.05) is 13.0 Å². The molecule has 0 aliphatic carbocycles. The van der Waals surface area contributed by atoms with E-state index in [0.717, 1.165) is 24.2 Å². The fraction of sp³-hybridized carbons (Fsp3) is 0.667. The molecule has 1 unspecified atom stereocenters. The fourth-order valence-electron chi connectivity index (χ4n) is 2.56. The molecule has 1 rings (SSSR count). The molecule has 0 spiro atoms. The number of methoxy groups -OCH3 is 1. The monoisotopic (exact) mass is 334 g/mol. The summed E-state index contributed by atoms with van der Waals surface area (Å²) in [5.74, 6) is 0.463. The van der Waals surface area contributed by atoms with Crippen LogP contribution in [0.2, 0.25) is 0 Å². The maximum Gasteiger partial charge on any atom is 0.347 e. The second-order valence-corrected chi connectivity index (χ2v) is 7.72. The third-order valence-corrected chi connectivity index (χ3v) is 5.36. The van der Waals surface area contributed by atoms with E-state index in [9.17, 15) is 4.79 Å². The number of ether oxygens (including phenoxy) is 2. The first kappa shape index (κ1) is 20.5. The summed E-state index contributed by atoms with van der Waals surface area (Å²) in [6.07, 6.45) is 2.08. The topological polar surface area (TPSA) is 35.5 Å². The van der Waals surface area contributed by atoms with Crippen molar-refractivity contribution in [3.05, 3.63) is 29.3 Å². The second-order valence-electron chi connectivity index (χ2n) is 7.72. The van der Waals surface area contributed by atoms with Crippen LogP contribution in [0.25, 0.3) is 0 Å². The SMILES string of the molecule is CCC(Oc1ccc(C(C)(C)CC)cc1C(C)(C)CC)C(=O)OC. The van der Waals surface area contributed by atoms with Gasteiger partial charge in [0.25, 0.3) is 0 Å². The predicted octanol–water partition coefficient (Wildman–Crippen LogP) is 5.39. The molecule has 1 atom stereocenters. The molecule has 0 bridgehead atoms. The highest BCUT2D eigenvalue weighted by molar-refractivity contribution is 5.75. The molecule has 0 amide bonds. The average molecular weight is 335 g/mol. The Bertz CT molecular complexity index is 558. The molecule has 0 saturated carbocycles. The van der Waals surface area contributed by atoms with Crippen molar-refractivity contribution in [2.45, 2.75) is 84.7 Å². The average Bonchev–Trinajstić information content (AvgIpc) is 2.58. The lowest BCUT2D eigenvalue weighted by Crippen LogP contribution is -2.29. The van der Waals surface area contributed by atoms with Gasteiger partial charge in [-0.3, -0.25) is 0 Å². The van der Waals surface area contributed by atoms with Crippen molar-refractivity contribution in [1.29, 1.82) is 0 Å². The molecule has 0 heterocycles. The van der Waals surface area contributed by atoms with Crippen molar-refractivity contribution in [2.75, 3.05) is 7.11 Å². The van der Waals surface area contributed by atoms with Crippen molar-refractivity contribution in [3.63, 3.8) is 0 Å². The van der Waals surface area contributed by atoms with E-state index < -0.39 is 6.10 Å². The number of benzene rings is 1. The van der Waals surface area contributed by atoms with Gasteiger partial charge < -0.3 is 9.47 Å². The van der Waals surface area contributed by atoms with Crippen LogP contribution < -0.4 is 4.74 Å². The number of hydrogen-bond acceptors (Lipinski definition) is 3. The standard InChI is InChI=1S/C21H34O3/c1-9-17(19(22)23-8)24-18-13-12-15(20(4,5)10-2)14-16(18)21(6,7)11-3/h12-14,17H,9-11H2,1-8H3. The van der Waals surface area contributed by atoms with E-state index in [1.165, 1.54) is 12.7 Å². The Morgan fingerprint density at radius 1 is 1.04 bits per heavy atom. The zero-order valence-electron chi connectivity index (χ0n) is 16.7. The van der Waals surface area contributed by atoms with Crippen LogP contribution in [-0.4, -0.2) is 19.2 Å². The maximum absolute atomic E-state index is 11.9. The van der Waals surface area contributed by atoms with Gasteiger partial charge in [-0.1, -0.05) is 60.6 Å². The van der Waals surface area contributed by atoms with E-state index >= 15 is 0 Å². The van der Waals surface area contributed by atoms with E-state index in [-0.39, 0.29) is 16.8 Å². The van der Waals surface area contributed by atoms with Gasteiger partial charge in [-0.25, -0.2) is 4.79 Å². The number of esters is 1. The molecule has 3 nitrogen and oxygen atoms in total. The molecule has 0 aliphatic heterocycles. The molecule has 3 heteroatoms. The van der Waals surface area contributed by atoms with Crippen LogP contribution in [0, 0.1) is 0 Å². The summed E-state index contributed by atoms with van der Waals surface area (Å²) in [6.45, 7) is 15.3. The molecule has 0 saturated heterocycles. The van der Waals surface area contributed by atoms with Crippen LogP contribution >= 0.6 is 0 Å². The Labute approximate surface area is 147 Å². The highest BCUT2D eigenvalue weighted by atomic mass is 16.6. The van der Waals surface area contributed by atoms with Crippen molar-refractivity contribution >= 4 is 5.97 Å². The molecule has 24 heavy (non-hydrogen) atoms. The third kappa shape index (κ3) is 4.52. The summed E-state index contributed by atoms with van der Waals surface area (Å²) >= 11 is 0. The van der Waals surface area contributed by atoms with Gasteiger partial charge in [-0.2, -0.15) is 0 Å². The zero-order chi connectivity index (χ0) is 18.5. The molecule has 1 aromatic rings. The molecule has 0 N–H and O–H groups in total. The van der Waals surface area contributed by atoms with Crippen LogP contribution in [0.15, 0.2) is 18.2 Å². The van der Waals surface area contributed by atoms with E-state index in [2.05, 4.69) is 53.7 Å². The summed E-state index contributed by atoms with van der Waals surface area (Å²) in [4.78, 5) is 11.9. The molecule has 0 aromatic heterocycles. The number of rotatable bonds is 8. The lowest BCUT2D eigenvalue weighted by atomic mass is 9.76. The van der Waals surface area contributed by atoms with Crippen LogP contribution in [0.1, 0.15) is 78.9 Å². The number of hydrogen-bond donors (Lipinski definition) is 0. The first-order chi connectivity index (χ1) is 11.1. The van der Waals surface area contributed by atoms with E-state index in [1.54, 1.807) is 0 Å². The minimum Gasteiger partial charge on any atom is -0.478 e. The zero-order valence-corrected chi connectivity index (χ0v) is 16.7. The highest BCUT2D eigenvalue weighted by Crippen LogP contribution is 2.39. The first-order valence-electron chi connectivity index (χ1n) is 9.02. The smallest absolute Gasteiger partial charge is 0.347 e. The molecular weight excluding hydrogens is 300 g/mol. The Morgan fingerprint density at radius 2 is 1.62 bits per heavy atom. The summed E-state index contributed by atoms with van der Waals surface area (Å²) < 4.78 is 10.9. The molecular formula is C21H34O3. The predicted molar refractivity (Wildman–Crippen MR) is 99.8 cm³/mol. The van der Waals surface area contributed by atoms with Crippen molar-refractivity contribution in [1.82, 2.24) is 0 Å². The van der Waals surface area contributed by atoms with E-state index in [0.29, 0.717) is 6.42 Å². The van der Waals surface area contributed by atoms with Crippen LogP contribution in [-0.2, 0) is 20.4 Å². The summed E-state index contributed by atoms with van der Waals surface area (Å²) in [7, 11) is 1.40. The number of carbonyl (C=O) groups is 1. The number of carbonyl (C=O) groups excluding carboxylic acids is 1. The third-order valence-electron chi connectivity index (χ3n) is 5.36. The summed E-state index contributed by atoms with van der Waals surface area (Å²) in [5, 5.41) is 0. The van der Waals surface area contributed by atoms with Gasteiger partial charge in [0.1, 0.15) is 5.75 Å². The Kier molecular flexibility index (Phi) is 6.88. The van der Waals surface area contributed by atoms with Crippen LogP contribution in [0.5, 0.6) is 5.75 Å². The van der Waals surface area contributed by atoms with Gasteiger partial charge in [0.05, 0.1) is 7.11 Å². The van der Waals surface area contributed by atoms with Gasteiger partial charge in [-0.15, -0.1) is 0 Å². The van der Waals surface area contributed by atoms with Gasteiger partial charge in [-0.05, 0) is 41.7 Å². The van der Waals surface area contributed by atoms with Gasteiger partial charge in [0.2, 0.25) is 0 Å². The summed E-state index contributed by atoms with van der Waals surface area (Å²) in [5.41, 5.74) is 2.55. The maximum atomic E-state index is 11.9. The van der Waals surface area contributed by atoms with Crippen molar-refractivity contribution < 1.29 is 14.3 Å². The second kappa shape index (κ2) is 8.04. The molecule has 0 aliphatic rings. The minimum absolute atomic E-state index is 0.0242. The van der Waals surface area contributed by atoms with Crippen molar-refractivity contribution in [3.8, 4) is 5.75 Å². The summed E-state index contributed by atoms with van der Waals surface area (Å²) in [6, 6.07) is 6.40. The molecule has 1 aromatic carbocycles. The first-order valence-corrected chi connectivity index (χ1v) is 9.02. The van der Waals surface area contributed by atoms with Gasteiger partial charge in [0, 0.05) is 5.56 Å². The lowest BCUT2D eigenvalue weighted by molar-refractivity contribution is -0.148. The quantitative estimate of drug-likeness (QED) is 0.598. The normalized spacial score (nSPS) is 13.5. The van der Waals surface area contributed by atoms with Crippen molar-refractivity contribution in [2.24, 2.45) is 0 Å². The Hall–Kier alpha value is -1.51. The lowest BCUT2D eigenvalue weighted by Gasteiger charge is -2.31. The van der Waals surface area contributed by atoms with Crippen LogP contribution in [0.4, 0.5) is 0 Å². The van der Waals surface area contributed by atoms with E-state index in [4.69, 9.17) is 9.47 Å². The minimum atomic E-state index is -0.563. The van der Waals surface area contributed by atoms with Gasteiger partial charge >= 0.3 is 5.97 Å². The largest absolute Gasteiger partial charge is 0.478 e. The highest BCUT2D eigenvalue weighted by Gasteiger charge is 2.28. The fourth-order valence-corrected chi connectivity index (χ4v) is 2.56. The molecule has 136 valence electrons. The Morgan fingerprint density at radius 3 is 2.08 bits per heavy atom. The van der Waals surface area contributed by atoms with Gasteiger partial charge in [0.15, 0.2) is 6.10 Å². The van der Waals surface area contributed by atoms with Crippen LogP contribution in [0.3, 0.4) is 0 Å².